The average molecular weight is 266 g/mol. The number of nitrogens with zero attached hydrogens (tertiary/aromatic N) is 2. The number of hydrogen-bond acceptors (Lipinski definition) is 4. The minimum Gasteiger partial charge on any atom is -0.361 e. The molecule has 1 aliphatic rings. The number of hydrogen-bond donors (Lipinski definition) is 2. The van der Waals surface area contributed by atoms with Crippen LogP contribution in [0.1, 0.15) is 0 Å². The zero-order valence-electron chi connectivity index (χ0n) is 7.55. The minimum atomic E-state index is -4.67. The van der Waals surface area contributed by atoms with E-state index in [0.29, 0.717) is 6.08 Å². The van der Waals surface area contributed by atoms with Gasteiger partial charge in [-0.2, -0.15) is 21.6 Å². The SMILES string of the molecule is [N-]=[N+]=C1C=CC(S(=O)(=O)O)=CC1S(=O)(=O)O. The summed E-state index contributed by atoms with van der Waals surface area (Å²) in [5.74, 6) is 0. The van der Waals surface area contributed by atoms with Crippen LogP contribution in [0.2, 0.25) is 0 Å². The lowest BCUT2D eigenvalue weighted by Gasteiger charge is -2.08. The molecule has 1 unspecified atom stereocenters. The monoisotopic (exact) mass is 266 g/mol. The molecule has 0 aromatic carbocycles. The topological polar surface area (TPSA) is 145 Å². The van der Waals surface area contributed by atoms with E-state index in [0.717, 1.165) is 12.2 Å². The fourth-order valence-electron chi connectivity index (χ4n) is 1.05. The lowest BCUT2D eigenvalue weighted by molar-refractivity contribution is -0.00522. The van der Waals surface area contributed by atoms with Crippen LogP contribution in [0.4, 0.5) is 0 Å². The van der Waals surface area contributed by atoms with E-state index < -0.39 is 36.1 Å². The van der Waals surface area contributed by atoms with E-state index in [-0.39, 0.29) is 0 Å². The third-order valence-electron chi connectivity index (χ3n) is 1.76. The molecule has 0 saturated heterocycles. The van der Waals surface area contributed by atoms with Gasteiger partial charge in [0.15, 0.2) is 0 Å². The van der Waals surface area contributed by atoms with Gasteiger partial charge in [-0.1, -0.05) is 0 Å². The second kappa shape index (κ2) is 3.92. The van der Waals surface area contributed by atoms with Crippen LogP contribution in [0.15, 0.2) is 23.1 Å². The molecule has 0 aromatic heterocycles. The quantitative estimate of drug-likeness (QED) is 0.382. The van der Waals surface area contributed by atoms with E-state index in [2.05, 4.69) is 4.79 Å². The van der Waals surface area contributed by atoms with Crippen molar-refractivity contribution in [2.45, 2.75) is 5.25 Å². The van der Waals surface area contributed by atoms with E-state index >= 15 is 0 Å². The highest BCUT2D eigenvalue weighted by molar-refractivity contribution is 7.90. The van der Waals surface area contributed by atoms with Crippen LogP contribution in [0.25, 0.3) is 5.53 Å². The molecule has 0 bridgehead atoms. The van der Waals surface area contributed by atoms with E-state index in [4.69, 9.17) is 14.6 Å². The van der Waals surface area contributed by atoms with Gasteiger partial charge in [0.1, 0.15) is 0 Å². The predicted molar refractivity (Wildman–Crippen MR) is 52.7 cm³/mol. The molecule has 1 rings (SSSR count). The summed E-state index contributed by atoms with van der Waals surface area (Å²) >= 11 is 0. The van der Waals surface area contributed by atoms with Gasteiger partial charge in [-0.05, 0) is 12.2 Å². The highest BCUT2D eigenvalue weighted by Gasteiger charge is 2.36. The van der Waals surface area contributed by atoms with E-state index in [9.17, 15) is 16.8 Å². The van der Waals surface area contributed by atoms with Crippen molar-refractivity contribution in [3.05, 3.63) is 28.7 Å². The Kier molecular flexibility index (Phi) is 3.13. The van der Waals surface area contributed by atoms with Crippen LogP contribution in [0.3, 0.4) is 0 Å². The van der Waals surface area contributed by atoms with Crippen molar-refractivity contribution < 1.29 is 30.7 Å². The fourth-order valence-corrected chi connectivity index (χ4v) is 2.44. The van der Waals surface area contributed by atoms with Crippen LogP contribution in [0.5, 0.6) is 0 Å². The maximum atomic E-state index is 10.8. The van der Waals surface area contributed by atoms with Crippen molar-refractivity contribution in [3.8, 4) is 0 Å². The summed E-state index contributed by atoms with van der Waals surface area (Å²) in [6.07, 6.45) is 2.24. The summed E-state index contributed by atoms with van der Waals surface area (Å²) < 4.78 is 60.5. The first-order valence-electron chi connectivity index (χ1n) is 3.72. The second-order valence-electron chi connectivity index (χ2n) is 2.84. The Bertz CT molecular complexity index is 620. The molecule has 0 amide bonds. The maximum absolute atomic E-state index is 10.8. The van der Waals surface area contributed by atoms with Gasteiger partial charge in [0, 0.05) is 6.08 Å². The van der Waals surface area contributed by atoms with Crippen LogP contribution in [-0.4, -0.2) is 41.7 Å². The summed E-state index contributed by atoms with van der Waals surface area (Å²) in [5, 5.41) is -1.83. The van der Waals surface area contributed by atoms with Crippen molar-refractivity contribution in [1.29, 1.82) is 0 Å². The molecule has 0 heterocycles. The highest BCUT2D eigenvalue weighted by Crippen LogP contribution is 2.17. The Morgan fingerprint density at radius 2 is 1.75 bits per heavy atom. The predicted octanol–water partition coefficient (Wildman–Crippen LogP) is -0.745. The largest absolute Gasteiger partial charge is 0.361 e. The van der Waals surface area contributed by atoms with Crippen LogP contribution < -0.4 is 0 Å². The van der Waals surface area contributed by atoms with E-state index in [1.54, 1.807) is 0 Å². The molecule has 0 aromatic rings. The summed E-state index contributed by atoms with van der Waals surface area (Å²) in [4.78, 5) is 1.88. The van der Waals surface area contributed by atoms with Crippen LogP contribution >= 0.6 is 0 Å². The zero-order valence-corrected chi connectivity index (χ0v) is 9.18. The first-order chi connectivity index (χ1) is 7.16. The number of allylic oxidation sites excluding steroid dienone is 2. The smallest absolute Gasteiger partial charge is 0.316 e. The Morgan fingerprint density at radius 1 is 1.19 bits per heavy atom. The van der Waals surface area contributed by atoms with Crippen LogP contribution in [-0.2, 0) is 20.2 Å². The first-order valence-corrected chi connectivity index (χ1v) is 6.66. The van der Waals surface area contributed by atoms with Gasteiger partial charge in [0.05, 0.1) is 4.91 Å². The second-order valence-corrected chi connectivity index (χ2v) is 5.80. The molecule has 0 fully saturated rings. The Hall–Kier alpha value is -1.32. The Morgan fingerprint density at radius 3 is 2.12 bits per heavy atom. The van der Waals surface area contributed by atoms with Crippen molar-refractivity contribution in [2.75, 3.05) is 0 Å². The maximum Gasteiger partial charge on any atom is 0.316 e. The molecule has 16 heavy (non-hydrogen) atoms. The number of rotatable bonds is 2. The lowest BCUT2D eigenvalue weighted by Crippen LogP contribution is -2.30. The molecule has 10 heteroatoms. The normalized spacial score (nSPS) is 21.5. The van der Waals surface area contributed by atoms with Crippen molar-refractivity contribution in [1.82, 2.24) is 0 Å². The van der Waals surface area contributed by atoms with Gasteiger partial charge in [-0.25, -0.2) is 0 Å². The van der Waals surface area contributed by atoms with Gasteiger partial charge in [-0.3, -0.25) is 9.11 Å². The summed E-state index contributed by atoms with van der Waals surface area (Å²) in [6.45, 7) is 0. The third-order valence-corrected chi connectivity index (χ3v) is 3.65. The zero-order chi connectivity index (χ0) is 12.6. The molecule has 8 nitrogen and oxygen atoms in total. The summed E-state index contributed by atoms with van der Waals surface area (Å²) in [7, 11) is -9.26. The fraction of sp³-hybridized carbons (Fsp3) is 0.167. The standard InChI is InChI=1S/C6H6N2O6S2/c7-8-5-2-1-4(15(9,10)11)3-6(5)16(12,13)14/h1-3,6H,(H,9,10,11)(H,12,13,14). The summed E-state index contributed by atoms with van der Waals surface area (Å²) in [5.41, 5.74) is 7.97. The van der Waals surface area contributed by atoms with Gasteiger partial charge in [-0.15, -0.1) is 0 Å². The minimum absolute atomic E-state index is 0.463. The van der Waals surface area contributed by atoms with E-state index in [1.165, 1.54) is 0 Å². The van der Waals surface area contributed by atoms with Gasteiger partial charge >= 0.3 is 5.71 Å². The van der Waals surface area contributed by atoms with Crippen LogP contribution in [0, 0.1) is 0 Å². The molecular weight excluding hydrogens is 260 g/mol. The van der Waals surface area contributed by atoms with Crippen molar-refractivity contribution in [3.63, 3.8) is 0 Å². The Labute approximate surface area is 91.0 Å². The third kappa shape index (κ3) is 2.62. The Balaban J connectivity index is 3.42. The lowest BCUT2D eigenvalue weighted by atomic mass is 10.1. The van der Waals surface area contributed by atoms with Gasteiger partial charge < -0.3 is 5.53 Å². The molecular formula is C6H6N2O6S2. The molecule has 0 saturated carbocycles. The first kappa shape index (κ1) is 12.7. The molecule has 0 radical (unpaired) electrons. The molecule has 0 spiro atoms. The molecule has 0 aliphatic heterocycles. The van der Waals surface area contributed by atoms with Gasteiger partial charge in [0.25, 0.3) is 20.2 Å². The molecule has 1 atom stereocenters. The highest BCUT2D eigenvalue weighted by atomic mass is 32.2. The molecule has 88 valence electrons. The molecule has 2 N–H and O–H groups in total. The average Bonchev–Trinajstić information content (AvgIpc) is 2.14. The van der Waals surface area contributed by atoms with E-state index in [1.807, 2.05) is 0 Å². The van der Waals surface area contributed by atoms with Gasteiger partial charge in [0.2, 0.25) is 5.25 Å². The molecule has 1 aliphatic carbocycles. The summed E-state index contributed by atoms with van der Waals surface area (Å²) in [6, 6.07) is 0. The van der Waals surface area contributed by atoms with Crippen molar-refractivity contribution >= 4 is 25.9 Å². The van der Waals surface area contributed by atoms with Crippen molar-refractivity contribution in [2.24, 2.45) is 0 Å².